The van der Waals surface area contributed by atoms with Crippen molar-refractivity contribution in [3.8, 4) is 0 Å². The third kappa shape index (κ3) is 2.13. The smallest absolute Gasteiger partial charge is 0.151 e. The first kappa shape index (κ1) is 11.9. The summed E-state index contributed by atoms with van der Waals surface area (Å²) in [7, 11) is -2.77. The van der Waals surface area contributed by atoms with Gasteiger partial charge in [-0.25, -0.2) is 8.42 Å². The van der Waals surface area contributed by atoms with Crippen LogP contribution in [0.3, 0.4) is 0 Å². The summed E-state index contributed by atoms with van der Waals surface area (Å²) in [6.45, 7) is 5.60. The van der Waals surface area contributed by atoms with Crippen LogP contribution in [-0.2, 0) is 9.84 Å². The van der Waals surface area contributed by atoms with Gasteiger partial charge in [-0.1, -0.05) is 0 Å². The summed E-state index contributed by atoms with van der Waals surface area (Å²) < 4.78 is 23.5. The molecule has 17 heavy (non-hydrogen) atoms. The molecule has 3 heterocycles. The van der Waals surface area contributed by atoms with E-state index in [9.17, 15) is 8.42 Å². The molecule has 0 radical (unpaired) electrons. The molecule has 3 fully saturated rings. The summed E-state index contributed by atoms with van der Waals surface area (Å²) in [5, 5.41) is 3.45. The predicted octanol–water partition coefficient (Wildman–Crippen LogP) is 0.103. The van der Waals surface area contributed by atoms with Crippen LogP contribution in [0.4, 0.5) is 0 Å². The number of hydrogen-bond acceptors (Lipinski definition) is 4. The Morgan fingerprint density at radius 2 is 2.12 bits per heavy atom. The summed E-state index contributed by atoms with van der Waals surface area (Å²) in [6, 6.07) is 0.836. The minimum absolute atomic E-state index is 0.286. The molecule has 0 amide bonds. The Balaban J connectivity index is 1.73. The number of fused-ring (bicyclic) bond motifs is 1. The van der Waals surface area contributed by atoms with E-state index in [0.717, 1.165) is 44.3 Å². The van der Waals surface area contributed by atoms with Crippen molar-refractivity contribution < 1.29 is 8.42 Å². The molecule has 0 aromatic rings. The Kier molecular flexibility index (Phi) is 2.96. The fourth-order valence-corrected chi connectivity index (χ4v) is 5.66. The van der Waals surface area contributed by atoms with Gasteiger partial charge in [-0.05, 0) is 44.7 Å². The molecule has 3 rings (SSSR count). The van der Waals surface area contributed by atoms with E-state index in [2.05, 4.69) is 17.1 Å². The average molecular weight is 258 g/mol. The van der Waals surface area contributed by atoms with Gasteiger partial charge < -0.3 is 5.32 Å². The Hall–Kier alpha value is -0.130. The van der Waals surface area contributed by atoms with Gasteiger partial charge in [-0.2, -0.15) is 0 Å². The fourth-order valence-electron chi connectivity index (χ4n) is 3.94. The molecule has 0 spiro atoms. The second kappa shape index (κ2) is 4.21. The second-order valence-electron chi connectivity index (χ2n) is 5.93. The van der Waals surface area contributed by atoms with Crippen LogP contribution < -0.4 is 5.32 Å². The molecule has 0 saturated carbocycles. The van der Waals surface area contributed by atoms with Crippen LogP contribution in [0.25, 0.3) is 0 Å². The van der Waals surface area contributed by atoms with Crippen LogP contribution in [0.15, 0.2) is 0 Å². The Labute approximate surface area is 104 Å². The van der Waals surface area contributed by atoms with E-state index in [1.54, 1.807) is 0 Å². The third-order valence-electron chi connectivity index (χ3n) is 4.89. The van der Waals surface area contributed by atoms with Gasteiger partial charge in [-0.3, -0.25) is 4.90 Å². The number of rotatable bonds is 1. The number of hydrogen-bond donors (Lipinski definition) is 1. The average Bonchev–Trinajstić information content (AvgIpc) is 2.80. The molecule has 0 aromatic heterocycles. The van der Waals surface area contributed by atoms with Gasteiger partial charge in [0.15, 0.2) is 9.84 Å². The molecular weight excluding hydrogens is 236 g/mol. The molecule has 3 aliphatic rings. The van der Waals surface area contributed by atoms with Crippen LogP contribution >= 0.6 is 0 Å². The highest BCUT2D eigenvalue weighted by molar-refractivity contribution is 7.91. The SMILES string of the molecule is CC1C2CNCC2CN1C1CCCS(=O)(=O)C1. The first-order valence-electron chi connectivity index (χ1n) is 6.74. The van der Waals surface area contributed by atoms with Crippen molar-refractivity contribution in [2.75, 3.05) is 31.1 Å². The number of sulfone groups is 1. The predicted molar refractivity (Wildman–Crippen MR) is 67.7 cm³/mol. The third-order valence-corrected chi connectivity index (χ3v) is 6.69. The zero-order valence-corrected chi connectivity index (χ0v) is 11.2. The highest BCUT2D eigenvalue weighted by Gasteiger charge is 2.45. The molecule has 0 aliphatic carbocycles. The zero-order chi connectivity index (χ0) is 12.0. The summed E-state index contributed by atoms with van der Waals surface area (Å²) in [6.07, 6.45) is 1.92. The second-order valence-corrected chi connectivity index (χ2v) is 8.16. The Bertz CT molecular complexity index is 395. The monoisotopic (exact) mass is 258 g/mol. The fraction of sp³-hybridized carbons (Fsp3) is 1.00. The van der Waals surface area contributed by atoms with Crippen molar-refractivity contribution in [3.05, 3.63) is 0 Å². The van der Waals surface area contributed by atoms with Gasteiger partial charge in [0, 0.05) is 18.6 Å². The summed E-state index contributed by atoms with van der Waals surface area (Å²) in [4.78, 5) is 2.48. The minimum Gasteiger partial charge on any atom is -0.316 e. The molecule has 3 saturated heterocycles. The van der Waals surface area contributed by atoms with E-state index >= 15 is 0 Å². The zero-order valence-electron chi connectivity index (χ0n) is 10.4. The van der Waals surface area contributed by atoms with E-state index in [-0.39, 0.29) is 6.04 Å². The highest BCUT2D eigenvalue weighted by atomic mass is 32.2. The molecule has 0 aromatic carbocycles. The minimum atomic E-state index is -2.77. The van der Waals surface area contributed by atoms with Crippen LogP contribution in [-0.4, -0.2) is 56.5 Å². The number of nitrogens with zero attached hydrogens (tertiary/aromatic N) is 1. The van der Waals surface area contributed by atoms with Gasteiger partial charge >= 0.3 is 0 Å². The van der Waals surface area contributed by atoms with E-state index in [1.807, 2.05) is 0 Å². The van der Waals surface area contributed by atoms with Crippen LogP contribution in [0.5, 0.6) is 0 Å². The lowest BCUT2D eigenvalue weighted by Gasteiger charge is -2.35. The molecule has 4 nitrogen and oxygen atoms in total. The summed E-state index contributed by atoms with van der Waals surface area (Å²) >= 11 is 0. The number of nitrogens with one attached hydrogen (secondary N) is 1. The number of likely N-dealkylation sites (tertiary alicyclic amines) is 1. The van der Waals surface area contributed by atoms with Crippen LogP contribution in [0, 0.1) is 11.8 Å². The molecule has 0 bridgehead atoms. The van der Waals surface area contributed by atoms with Crippen molar-refractivity contribution in [1.29, 1.82) is 0 Å². The lowest BCUT2D eigenvalue weighted by Crippen LogP contribution is -2.47. The normalized spacial score (nSPS) is 45.9. The first-order valence-corrected chi connectivity index (χ1v) is 8.56. The molecule has 98 valence electrons. The maximum Gasteiger partial charge on any atom is 0.151 e. The molecule has 3 aliphatic heterocycles. The van der Waals surface area contributed by atoms with Gasteiger partial charge in [-0.15, -0.1) is 0 Å². The van der Waals surface area contributed by atoms with E-state index in [4.69, 9.17) is 0 Å². The van der Waals surface area contributed by atoms with Gasteiger partial charge in [0.05, 0.1) is 11.5 Å². The van der Waals surface area contributed by atoms with E-state index < -0.39 is 9.84 Å². The van der Waals surface area contributed by atoms with E-state index in [0.29, 0.717) is 17.5 Å². The molecular formula is C12H22N2O2S. The molecule has 4 atom stereocenters. The van der Waals surface area contributed by atoms with Crippen molar-refractivity contribution >= 4 is 9.84 Å². The maximum absolute atomic E-state index is 11.7. The summed E-state index contributed by atoms with van der Waals surface area (Å²) in [5.41, 5.74) is 0. The quantitative estimate of drug-likeness (QED) is 0.725. The maximum atomic E-state index is 11.7. The topological polar surface area (TPSA) is 49.4 Å². The standard InChI is InChI=1S/C12H22N2O2S/c1-9-12-6-13-5-10(12)7-14(9)11-3-2-4-17(15,16)8-11/h9-13H,2-8H2,1H3. The van der Waals surface area contributed by atoms with Gasteiger partial charge in [0.1, 0.15) is 0 Å². The summed E-state index contributed by atoms with van der Waals surface area (Å²) in [5.74, 6) is 2.28. The van der Waals surface area contributed by atoms with Crippen molar-refractivity contribution in [2.45, 2.75) is 31.8 Å². The van der Waals surface area contributed by atoms with Crippen molar-refractivity contribution in [1.82, 2.24) is 10.2 Å². The molecule has 5 heteroatoms. The molecule has 1 N–H and O–H groups in total. The Morgan fingerprint density at radius 1 is 1.29 bits per heavy atom. The van der Waals surface area contributed by atoms with Crippen LogP contribution in [0.1, 0.15) is 19.8 Å². The van der Waals surface area contributed by atoms with Gasteiger partial charge in [0.2, 0.25) is 0 Å². The molecule has 4 unspecified atom stereocenters. The lowest BCUT2D eigenvalue weighted by molar-refractivity contribution is 0.171. The highest BCUT2D eigenvalue weighted by Crippen LogP contribution is 2.35. The first-order chi connectivity index (χ1) is 8.07. The van der Waals surface area contributed by atoms with Crippen molar-refractivity contribution in [3.63, 3.8) is 0 Å². The van der Waals surface area contributed by atoms with Crippen molar-refractivity contribution in [2.24, 2.45) is 11.8 Å². The largest absolute Gasteiger partial charge is 0.316 e. The van der Waals surface area contributed by atoms with Crippen LogP contribution in [0.2, 0.25) is 0 Å². The lowest BCUT2D eigenvalue weighted by atomic mass is 9.95. The van der Waals surface area contributed by atoms with E-state index in [1.165, 1.54) is 0 Å². The Morgan fingerprint density at radius 3 is 2.82 bits per heavy atom. The van der Waals surface area contributed by atoms with Gasteiger partial charge in [0.25, 0.3) is 0 Å².